The number of ether oxygens (including phenoxy) is 10. The maximum absolute atomic E-state index is 14.7. The maximum atomic E-state index is 14.7. The molecule has 4 saturated carbocycles. The Bertz CT molecular complexity index is 2400. The van der Waals surface area contributed by atoms with Crippen LogP contribution in [0, 0.1) is 50.2 Å². The molecule has 0 aromatic rings. The van der Waals surface area contributed by atoms with Gasteiger partial charge in [-0.05, 0) is 103 Å². The van der Waals surface area contributed by atoms with Crippen molar-refractivity contribution in [2.45, 2.75) is 248 Å². The summed E-state index contributed by atoms with van der Waals surface area (Å²) in [6, 6.07) is -1.25. The van der Waals surface area contributed by atoms with E-state index in [0.29, 0.717) is 38.5 Å². The van der Waals surface area contributed by atoms with Crippen LogP contribution < -0.4 is 5.32 Å². The molecular formula is C58H93NO25. The standard InChI is InChI=1S/C58H93NO25/c1-25(61)59-36-40(68)39(67)30(21-77-47-43(71)44(83-48-41(69)37(65)28(62)19-75-48)31(22-78-47)81-50-45(72)57(74,23-60)24-79-50)80-46(36)82-35-12-13-54(6)32(53(35,4)5)11-14-55(7)33(54)10-9-26-27-17-52(2,3)15-16-58(27,34(64)18-56(26,55)8)51(73)84-49-42(70)38(66)29(63)20-76-49/h9,27-50,60,62-72,74H,10-24H2,1-8H3,(H,59,61). The highest BCUT2D eigenvalue weighted by atomic mass is 16.8. The van der Waals surface area contributed by atoms with E-state index in [0.717, 1.165) is 18.4 Å². The van der Waals surface area contributed by atoms with Gasteiger partial charge in [-0.1, -0.05) is 60.1 Å². The number of allylic oxidation sites excluding steroid dienone is 2. The first-order chi connectivity index (χ1) is 39.3. The summed E-state index contributed by atoms with van der Waals surface area (Å²) in [6.45, 7) is 13.7. The Labute approximate surface area is 488 Å². The van der Waals surface area contributed by atoms with Crippen LogP contribution in [0.5, 0.6) is 0 Å². The van der Waals surface area contributed by atoms with E-state index in [1.807, 2.05) is 0 Å². The van der Waals surface area contributed by atoms with Crippen LogP contribution in [-0.2, 0) is 57.0 Å². The van der Waals surface area contributed by atoms with Gasteiger partial charge in [0, 0.05) is 6.92 Å². The first-order valence-electron chi connectivity index (χ1n) is 30.0. The fourth-order valence-corrected chi connectivity index (χ4v) is 17.3. The molecule has 5 aliphatic carbocycles. The number of carbonyl (C=O) groups excluding carboxylic acids is 2. The third-order valence-corrected chi connectivity index (χ3v) is 22.5. The molecule has 0 aromatic carbocycles. The van der Waals surface area contributed by atoms with E-state index in [9.17, 15) is 76.0 Å². The number of rotatable bonds is 13. The molecule has 0 bridgehead atoms. The summed E-state index contributed by atoms with van der Waals surface area (Å²) in [7, 11) is 0. The average Bonchev–Trinajstić information content (AvgIpc) is 0.810. The maximum Gasteiger partial charge on any atom is 0.317 e. The number of amides is 1. The highest BCUT2D eigenvalue weighted by Crippen LogP contribution is 2.76. The molecule has 10 rings (SSSR count). The number of fused-ring (bicyclic) bond motifs is 7. The van der Waals surface area contributed by atoms with Gasteiger partial charge in [-0.2, -0.15) is 0 Å². The SMILES string of the molecule is CC(=O)NC1C(OC2CCC3(C)C(CCC4(C)C3CC=C3C5CC(C)(C)CCC5(C(=O)OC5OCC(O)C(O)C5O)C(O)CC34C)C2(C)C)OC(COC2OCC(OC3OCC(O)(CO)C3O)C(OC3OCC(O)C(O)C3O)C2O)C(O)C1O. The number of esters is 1. The molecule has 84 heavy (non-hydrogen) atoms. The summed E-state index contributed by atoms with van der Waals surface area (Å²) < 4.78 is 59.5. The second-order valence-electron chi connectivity index (χ2n) is 28.3. The second kappa shape index (κ2) is 23.6. The van der Waals surface area contributed by atoms with Gasteiger partial charge in [-0.3, -0.25) is 9.59 Å². The summed E-state index contributed by atoms with van der Waals surface area (Å²) in [5.74, 6) is -1.43. The van der Waals surface area contributed by atoms with E-state index in [1.165, 1.54) is 6.92 Å². The molecular weight excluding hydrogens is 1110 g/mol. The summed E-state index contributed by atoms with van der Waals surface area (Å²) >= 11 is 0. The largest absolute Gasteiger partial charge is 0.432 e. The molecule has 10 aliphatic rings. The highest BCUT2D eigenvalue weighted by Gasteiger charge is 2.72. The second-order valence-corrected chi connectivity index (χ2v) is 28.3. The smallest absolute Gasteiger partial charge is 0.317 e. The third kappa shape index (κ3) is 10.8. The fraction of sp³-hybridized carbons (Fsp3) is 0.931. The topological polar surface area (TPSA) is 401 Å². The molecule has 5 aliphatic heterocycles. The van der Waals surface area contributed by atoms with Gasteiger partial charge >= 0.3 is 5.97 Å². The molecule has 0 aromatic heterocycles. The van der Waals surface area contributed by atoms with Gasteiger partial charge < -0.3 is 119 Å². The lowest BCUT2D eigenvalue weighted by Gasteiger charge is -2.71. The lowest BCUT2D eigenvalue weighted by molar-refractivity contribution is -0.355. The van der Waals surface area contributed by atoms with E-state index in [4.69, 9.17) is 47.4 Å². The number of nitrogens with one attached hydrogen (secondary N) is 1. The molecule has 5 saturated heterocycles. The van der Waals surface area contributed by atoms with Crippen LogP contribution in [0.25, 0.3) is 0 Å². The number of carbonyl (C=O) groups is 2. The van der Waals surface area contributed by atoms with Gasteiger partial charge in [0.2, 0.25) is 12.2 Å². The molecule has 480 valence electrons. The van der Waals surface area contributed by atoms with Gasteiger partial charge in [-0.15, -0.1) is 0 Å². The fourth-order valence-electron chi connectivity index (χ4n) is 17.3. The molecule has 0 spiro atoms. The van der Waals surface area contributed by atoms with Crippen LogP contribution in [0.3, 0.4) is 0 Å². The summed E-state index contributed by atoms with van der Waals surface area (Å²) in [4.78, 5) is 27.5. The Balaban J connectivity index is 0.850. The number of aliphatic hydroxyl groups is 13. The number of aliphatic hydroxyl groups excluding tert-OH is 12. The zero-order chi connectivity index (χ0) is 61.2. The van der Waals surface area contributed by atoms with Gasteiger partial charge in [0.25, 0.3) is 0 Å². The van der Waals surface area contributed by atoms with Gasteiger partial charge in [-0.25, -0.2) is 0 Å². The summed E-state index contributed by atoms with van der Waals surface area (Å²) in [5.41, 5.74) is -4.20. The van der Waals surface area contributed by atoms with E-state index < -0.39 is 202 Å². The van der Waals surface area contributed by atoms with Crippen molar-refractivity contribution in [2.24, 2.45) is 50.2 Å². The van der Waals surface area contributed by atoms with Crippen molar-refractivity contribution in [2.75, 3.05) is 39.6 Å². The normalized spacial score (nSPS) is 52.6. The minimum absolute atomic E-state index is 0.0653. The van der Waals surface area contributed by atoms with E-state index in [-0.39, 0.29) is 41.1 Å². The van der Waals surface area contributed by atoms with Crippen molar-refractivity contribution in [3.8, 4) is 0 Å². The lowest BCUT2D eigenvalue weighted by Crippen LogP contribution is -2.69. The Morgan fingerprint density at radius 3 is 1.98 bits per heavy atom. The molecule has 14 N–H and O–H groups in total. The minimum Gasteiger partial charge on any atom is -0.432 e. The van der Waals surface area contributed by atoms with Crippen LogP contribution in [0.2, 0.25) is 0 Å². The van der Waals surface area contributed by atoms with Crippen molar-refractivity contribution in [1.82, 2.24) is 5.32 Å². The van der Waals surface area contributed by atoms with Crippen molar-refractivity contribution < 1.29 is 123 Å². The third-order valence-electron chi connectivity index (χ3n) is 22.5. The quantitative estimate of drug-likeness (QED) is 0.0513. The first kappa shape index (κ1) is 64.8. The average molecular weight is 1200 g/mol. The number of hydrogen-bond acceptors (Lipinski definition) is 25. The van der Waals surface area contributed by atoms with E-state index in [2.05, 4.69) is 59.9 Å². The van der Waals surface area contributed by atoms with Crippen LogP contribution in [0.15, 0.2) is 11.6 Å². The summed E-state index contributed by atoms with van der Waals surface area (Å²) in [5, 5.41) is 144. The van der Waals surface area contributed by atoms with Crippen molar-refractivity contribution in [3.05, 3.63) is 11.6 Å². The predicted molar refractivity (Wildman–Crippen MR) is 284 cm³/mol. The van der Waals surface area contributed by atoms with E-state index in [1.54, 1.807) is 0 Å². The van der Waals surface area contributed by atoms with Gasteiger partial charge in [0.15, 0.2) is 25.2 Å². The van der Waals surface area contributed by atoms with Crippen LogP contribution in [0.1, 0.15) is 113 Å². The van der Waals surface area contributed by atoms with Crippen molar-refractivity contribution in [1.29, 1.82) is 0 Å². The Hall–Kier alpha value is -2.20. The first-order valence-corrected chi connectivity index (χ1v) is 30.0. The van der Waals surface area contributed by atoms with Crippen molar-refractivity contribution >= 4 is 11.9 Å². The molecule has 1 amide bonds. The minimum atomic E-state index is -2.08. The Morgan fingerprint density at radius 2 is 1.32 bits per heavy atom. The molecule has 29 unspecified atom stereocenters. The molecule has 26 heteroatoms. The summed E-state index contributed by atoms with van der Waals surface area (Å²) in [6.07, 6.45) is -22.3. The van der Waals surface area contributed by atoms with Gasteiger partial charge in [0.1, 0.15) is 96.4 Å². The molecule has 26 nitrogen and oxygen atoms in total. The predicted octanol–water partition coefficient (Wildman–Crippen LogP) is -2.54. The van der Waals surface area contributed by atoms with Crippen LogP contribution in [-0.4, -0.2) is 253 Å². The molecule has 9 fully saturated rings. The molecule has 0 radical (unpaired) electrons. The molecule has 5 heterocycles. The Kier molecular flexibility index (Phi) is 18.2. The van der Waals surface area contributed by atoms with Crippen LogP contribution in [0.4, 0.5) is 0 Å². The van der Waals surface area contributed by atoms with Gasteiger partial charge in [0.05, 0.1) is 51.8 Å². The molecule has 29 atom stereocenters. The van der Waals surface area contributed by atoms with Crippen LogP contribution >= 0.6 is 0 Å². The monoisotopic (exact) mass is 1200 g/mol. The highest BCUT2D eigenvalue weighted by molar-refractivity contribution is 5.80. The lowest BCUT2D eigenvalue weighted by atomic mass is 9.33. The number of hydrogen-bond donors (Lipinski definition) is 14. The Morgan fingerprint density at radius 1 is 0.667 bits per heavy atom. The van der Waals surface area contributed by atoms with Crippen molar-refractivity contribution in [3.63, 3.8) is 0 Å². The zero-order valence-electron chi connectivity index (χ0n) is 49.3. The zero-order valence-corrected chi connectivity index (χ0v) is 49.3. The van der Waals surface area contributed by atoms with E-state index >= 15 is 0 Å².